The van der Waals surface area contributed by atoms with Crippen LogP contribution in [0, 0.1) is 6.92 Å². The van der Waals surface area contributed by atoms with E-state index in [9.17, 15) is 12.8 Å². The summed E-state index contributed by atoms with van der Waals surface area (Å²) >= 11 is 0. The van der Waals surface area contributed by atoms with Gasteiger partial charge in [-0.25, -0.2) is 14.4 Å². The molecule has 168 valence electrons. The quantitative estimate of drug-likeness (QED) is 0.504. The van der Waals surface area contributed by atoms with Gasteiger partial charge in [-0.05, 0) is 31.9 Å². The van der Waals surface area contributed by atoms with Crippen molar-refractivity contribution >= 4 is 15.9 Å². The van der Waals surface area contributed by atoms with Crippen molar-refractivity contribution < 1.29 is 22.1 Å². The molecule has 2 aromatic heterocycles. The van der Waals surface area contributed by atoms with E-state index in [1.165, 1.54) is 12.1 Å². The fraction of sp³-hybridized carbons (Fsp3) is 0.333. The topological polar surface area (TPSA) is 120 Å². The molecular formula is C21H27FN4O4S. The number of hydrogen-bond donors (Lipinski definition) is 2. The predicted octanol–water partition coefficient (Wildman–Crippen LogP) is 3.50. The number of nitrogens with two attached hydrogens (primary N) is 1. The number of fused-ring (bicyclic) bond motifs is 1. The summed E-state index contributed by atoms with van der Waals surface area (Å²) in [7, 11) is -4.02. The Kier molecular flexibility index (Phi) is 9.10. The minimum atomic E-state index is -4.02. The maximum atomic E-state index is 12.4. The molecule has 0 aliphatic heterocycles. The van der Waals surface area contributed by atoms with Crippen LogP contribution in [0.5, 0.6) is 5.75 Å². The van der Waals surface area contributed by atoms with Gasteiger partial charge in [-0.3, -0.25) is 8.95 Å². The molecule has 3 rings (SSSR count). The summed E-state index contributed by atoms with van der Waals surface area (Å²) in [6.07, 6.45) is 8.97. The Bertz CT molecular complexity index is 1110. The average Bonchev–Trinajstić information content (AvgIpc) is 3.15. The zero-order chi connectivity index (χ0) is 22.9. The largest absolute Gasteiger partial charge is 0.486 e. The highest BCUT2D eigenvalue weighted by molar-refractivity contribution is 7.85. The van der Waals surface area contributed by atoms with Crippen molar-refractivity contribution in [1.82, 2.24) is 14.4 Å². The van der Waals surface area contributed by atoms with Crippen molar-refractivity contribution in [3.05, 3.63) is 66.0 Å². The monoisotopic (exact) mass is 450 g/mol. The molecule has 3 N–H and O–H groups in total. The first-order chi connectivity index (χ1) is 14.8. The number of ether oxygens (including phenoxy) is 1. The number of rotatable bonds is 8. The molecule has 0 bridgehead atoms. The summed E-state index contributed by atoms with van der Waals surface area (Å²) in [6, 6.07) is 5.99. The number of halogens is 1. The van der Waals surface area contributed by atoms with Crippen LogP contribution >= 0.6 is 0 Å². The van der Waals surface area contributed by atoms with Gasteiger partial charge in [-0.2, -0.15) is 8.42 Å². The maximum absolute atomic E-state index is 12.4. The van der Waals surface area contributed by atoms with E-state index in [1.54, 1.807) is 24.5 Å². The Labute approximate surface area is 181 Å². The Balaban J connectivity index is 0.000000262. The first-order valence-corrected chi connectivity index (χ1v) is 11.2. The summed E-state index contributed by atoms with van der Waals surface area (Å²) < 4.78 is 49.2. The molecule has 0 spiro atoms. The van der Waals surface area contributed by atoms with Crippen molar-refractivity contribution in [2.45, 2.75) is 38.0 Å². The van der Waals surface area contributed by atoms with Crippen molar-refractivity contribution in [2.24, 2.45) is 5.73 Å². The minimum absolute atomic E-state index is 0.0666. The lowest BCUT2D eigenvalue weighted by molar-refractivity contribution is 0.344. The lowest BCUT2D eigenvalue weighted by Crippen LogP contribution is -2.11. The van der Waals surface area contributed by atoms with Crippen molar-refractivity contribution in [1.29, 1.82) is 0 Å². The molecule has 0 amide bonds. The number of aromatic nitrogens is 3. The van der Waals surface area contributed by atoms with Gasteiger partial charge in [0.1, 0.15) is 6.61 Å². The Morgan fingerprint density at radius 3 is 2.58 bits per heavy atom. The average molecular weight is 451 g/mol. The van der Waals surface area contributed by atoms with E-state index in [-0.39, 0.29) is 18.0 Å². The molecule has 0 atom stereocenters. The van der Waals surface area contributed by atoms with Crippen LogP contribution in [0.15, 0.2) is 59.7 Å². The maximum Gasteiger partial charge on any atom is 0.294 e. The highest BCUT2D eigenvalue weighted by Crippen LogP contribution is 2.13. The third-order valence-electron chi connectivity index (χ3n) is 4.28. The van der Waals surface area contributed by atoms with Crippen LogP contribution in [0.4, 0.5) is 4.39 Å². The van der Waals surface area contributed by atoms with E-state index in [2.05, 4.69) is 16.9 Å². The SMILES string of the molecule is CCCCc1cn2cc(OC/C(=C/F)CN)cnc2n1.Cc1ccc(S(=O)(=O)O)cc1. The van der Waals surface area contributed by atoms with Crippen LogP contribution in [0.3, 0.4) is 0 Å². The number of unbranched alkanes of at least 4 members (excludes halogenated alkanes) is 1. The highest BCUT2D eigenvalue weighted by atomic mass is 32.2. The number of benzene rings is 1. The van der Waals surface area contributed by atoms with E-state index >= 15 is 0 Å². The molecule has 0 fully saturated rings. The van der Waals surface area contributed by atoms with E-state index in [1.807, 2.05) is 17.5 Å². The van der Waals surface area contributed by atoms with Gasteiger partial charge in [0, 0.05) is 18.3 Å². The molecule has 0 radical (unpaired) electrons. The fourth-order valence-electron chi connectivity index (χ4n) is 2.49. The van der Waals surface area contributed by atoms with E-state index in [4.69, 9.17) is 15.0 Å². The normalized spacial score (nSPS) is 11.8. The second-order valence-corrected chi connectivity index (χ2v) is 8.30. The van der Waals surface area contributed by atoms with Gasteiger partial charge < -0.3 is 10.5 Å². The van der Waals surface area contributed by atoms with Crippen LogP contribution in [0.2, 0.25) is 0 Å². The predicted molar refractivity (Wildman–Crippen MR) is 116 cm³/mol. The number of nitrogens with zero attached hydrogens (tertiary/aromatic N) is 3. The van der Waals surface area contributed by atoms with Crippen molar-refractivity contribution in [3.63, 3.8) is 0 Å². The molecule has 0 unspecified atom stereocenters. The second kappa shape index (κ2) is 11.5. The lowest BCUT2D eigenvalue weighted by Gasteiger charge is -2.06. The molecule has 31 heavy (non-hydrogen) atoms. The van der Waals surface area contributed by atoms with Gasteiger partial charge in [0.15, 0.2) is 5.75 Å². The molecule has 10 heteroatoms. The van der Waals surface area contributed by atoms with Crippen molar-refractivity contribution in [2.75, 3.05) is 13.2 Å². The van der Waals surface area contributed by atoms with E-state index < -0.39 is 10.1 Å². The minimum Gasteiger partial charge on any atom is -0.486 e. The van der Waals surface area contributed by atoms with Gasteiger partial charge in [-0.15, -0.1) is 0 Å². The molecule has 2 heterocycles. The smallest absolute Gasteiger partial charge is 0.294 e. The molecule has 0 aliphatic carbocycles. The van der Waals surface area contributed by atoms with Gasteiger partial charge >= 0.3 is 0 Å². The van der Waals surface area contributed by atoms with Crippen LogP contribution < -0.4 is 10.5 Å². The van der Waals surface area contributed by atoms with Gasteiger partial charge in [0.25, 0.3) is 10.1 Å². The zero-order valence-electron chi connectivity index (χ0n) is 17.5. The Morgan fingerprint density at radius 1 is 1.29 bits per heavy atom. The van der Waals surface area contributed by atoms with Crippen LogP contribution in [0.1, 0.15) is 31.0 Å². The third-order valence-corrected chi connectivity index (χ3v) is 5.15. The fourth-order valence-corrected chi connectivity index (χ4v) is 2.97. The highest BCUT2D eigenvalue weighted by Gasteiger charge is 2.07. The summed E-state index contributed by atoms with van der Waals surface area (Å²) in [5, 5.41) is 0. The molecule has 3 aromatic rings. The first-order valence-electron chi connectivity index (χ1n) is 9.75. The van der Waals surface area contributed by atoms with Gasteiger partial charge in [0.2, 0.25) is 5.78 Å². The molecule has 0 aliphatic rings. The zero-order valence-corrected chi connectivity index (χ0v) is 18.3. The molecule has 1 aromatic carbocycles. The van der Waals surface area contributed by atoms with E-state index in [0.717, 1.165) is 30.5 Å². The van der Waals surface area contributed by atoms with Gasteiger partial charge in [0.05, 0.1) is 29.3 Å². The molecular weight excluding hydrogens is 423 g/mol. The Hall–Kier alpha value is -2.82. The molecule has 0 saturated carbocycles. The lowest BCUT2D eigenvalue weighted by atomic mass is 10.2. The first kappa shape index (κ1) is 24.4. The summed E-state index contributed by atoms with van der Waals surface area (Å²) in [5.41, 5.74) is 7.74. The van der Waals surface area contributed by atoms with Crippen LogP contribution in [-0.2, 0) is 16.5 Å². The van der Waals surface area contributed by atoms with Gasteiger partial charge in [-0.1, -0.05) is 31.0 Å². The van der Waals surface area contributed by atoms with E-state index in [0.29, 0.717) is 23.4 Å². The third kappa shape index (κ3) is 7.74. The summed E-state index contributed by atoms with van der Waals surface area (Å²) in [4.78, 5) is 8.58. The van der Waals surface area contributed by atoms with Crippen LogP contribution in [-0.4, -0.2) is 40.5 Å². The standard InChI is InChI=1S/C14H19FN4O.C7H8O3S/c1-2-3-4-12-8-19-9-13(7-17-14(19)18-12)20-10-11(5-15)6-16;1-6-2-4-7(5-3-6)11(8,9)10/h5,7-9H,2-4,6,10,16H2,1H3;2-5H,1H3,(H,8,9,10)/b11-5+;. The summed E-state index contributed by atoms with van der Waals surface area (Å²) in [5.74, 6) is 1.20. The van der Waals surface area contributed by atoms with Crippen molar-refractivity contribution in [3.8, 4) is 5.75 Å². The molecule has 8 nitrogen and oxygen atoms in total. The number of aryl methyl sites for hydroxylation is 2. The number of hydrogen-bond acceptors (Lipinski definition) is 6. The van der Waals surface area contributed by atoms with Crippen LogP contribution in [0.25, 0.3) is 5.78 Å². The summed E-state index contributed by atoms with van der Waals surface area (Å²) in [6.45, 7) is 4.25. The molecule has 0 saturated heterocycles. The number of imidazole rings is 1. The second-order valence-electron chi connectivity index (χ2n) is 6.88. The Morgan fingerprint density at radius 2 is 2.00 bits per heavy atom.